The molecule has 0 saturated heterocycles. The lowest BCUT2D eigenvalue weighted by Crippen LogP contribution is -2.14. The second kappa shape index (κ2) is 7.30. The molecule has 114 valence electrons. The molecule has 0 fully saturated rings. The minimum Gasteiger partial charge on any atom is -0.326 e. The predicted molar refractivity (Wildman–Crippen MR) is 97.9 cm³/mol. The van der Waals surface area contributed by atoms with Gasteiger partial charge in [0.05, 0.1) is 16.3 Å². The largest absolute Gasteiger partial charge is 0.326 e. The van der Waals surface area contributed by atoms with Crippen LogP contribution in [-0.2, 0) is 4.79 Å². The lowest BCUT2D eigenvalue weighted by Gasteiger charge is -2.11. The normalized spacial score (nSPS) is 10.2. The van der Waals surface area contributed by atoms with Crippen molar-refractivity contribution >= 4 is 69.0 Å². The number of anilines is 2. The van der Waals surface area contributed by atoms with Gasteiger partial charge in [-0.2, -0.15) is 0 Å². The predicted octanol–water partition coefficient (Wildman–Crippen LogP) is 4.81. The summed E-state index contributed by atoms with van der Waals surface area (Å²) in [7, 11) is 0. The topological polar surface area (TPSA) is 58.2 Å². The van der Waals surface area contributed by atoms with E-state index in [4.69, 9.17) is 23.2 Å². The van der Waals surface area contributed by atoms with E-state index >= 15 is 0 Å². The Hall–Kier alpha value is -1.31. The summed E-state index contributed by atoms with van der Waals surface area (Å²) in [5.74, 6) is -0.505. The Balaban J connectivity index is 2.25. The summed E-state index contributed by atoms with van der Waals surface area (Å²) in [6.45, 7) is 1.41. The summed E-state index contributed by atoms with van der Waals surface area (Å²) < 4.78 is 0.733. The van der Waals surface area contributed by atoms with Crippen LogP contribution >= 0.6 is 45.8 Å². The van der Waals surface area contributed by atoms with Gasteiger partial charge in [-0.3, -0.25) is 9.59 Å². The van der Waals surface area contributed by atoms with E-state index in [1.165, 1.54) is 6.92 Å². The molecular formula is C15H11Cl2IN2O2. The van der Waals surface area contributed by atoms with Gasteiger partial charge in [-0.05, 0) is 59.0 Å². The first-order valence-corrected chi connectivity index (χ1v) is 8.04. The van der Waals surface area contributed by atoms with Crippen LogP contribution in [0.15, 0.2) is 36.4 Å². The number of carbonyl (C=O) groups excluding carboxylic acids is 2. The highest BCUT2D eigenvalue weighted by atomic mass is 127. The standard InChI is InChI=1S/C15H11Cl2IN2O2/c1-8(21)19-10-3-5-12(17)14(7-10)20-15(22)11-4-2-9(16)6-13(11)18/h2-7H,1H3,(H,19,21)(H,20,22). The third-order valence-corrected chi connectivity index (χ3v) is 4.17. The molecule has 0 aliphatic carbocycles. The summed E-state index contributed by atoms with van der Waals surface area (Å²) in [4.78, 5) is 23.4. The molecule has 22 heavy (non-hydrogen) atoms. The Labute approximate surface area is 151 Å². The van der Waals surface area contributed by atoms with Gasteiger partial charge in [-0.15, -0.1) is 0 Å². The fourth-order valence-corrected chi connectivity index (χ4v) is 3.05. The fourth-order valence-electron chi connectivity index (χ4n) is 1.77. The van der Waals surface area contributed by atoms with Crippen molar-refractivity contribution in [3.8, 4) is 0 Å². The molecule has 2 aromatic carbocycles. The van der Waals surface area contributed by atoms with Crippen molar-refractivity contribution in [2.24, 2.45) is 0 Å². The van der Waals surface area contributed by atoms with E-state index in [0.717, 1.165) is 3.57 Å². The highest BCUT2D eigenvalue weighted by Gasteiger charge is 2.13. The van der Waals surface area contributed by atoms with Crippen molar-refractivity contribution in [3.05, 3.63) is 55.6 Å². The number of nitrogens with one attached hydrogen (secondary N) is 2. The zero-order valence-electron chi connectivity index (χ0n) is 11.4. The second-order valence-corrected chi connectivity index (χ2v) is 6.46. The van der Waals surface area contributed by atoms with E-state index in [1.807, 2.05) is 22.6 Å². The van der Waals surface area contributed by atoms with E-state index < -0.39 is 0 Å². The molecule has 0 unspecified atom stereocenters. The first-order chi connectivity index (χ1) is 10.4. The number of hydrogen-bond donors (Lipinski definition) is 2. The van der Waals surface area contributed by atoms with Gasteiger partial charge in [-0.1, -0.05) is 23.2 Å². The number of halogens is 3. The lowest BCUT2D eigenvalue weighted by molar-refractivity contribution is -0.114. The van der Waals surface area contributed by atoms with Crippen LogP contribution in [0, 0.1) is 3.57 Å². The molecular weight excluding hydrogens is 438 g/mol. The van der Waals surface area contributed by atoms with Crippen LogP contribution in [0.5, 0.6) is 0 Å². The Morgan fingerprint density at radius 1 is 1.05 bits per heavy atom. The quantitative estimate of drug-likeness (QED) is 0.662. The van der Waals surface area contributed by atoms with Crippen LogP contribution in [0.4, 0.5) is 11.4 Å². The van der Waals surface area contributed by atoms with Crippen molar-refractivity contribution < 1.29 is 9.59 Å². The Morgan fingerprint density at radius 3 is 2.41 bits per heavy atom. The van der Waals surface area contributed by atoms with Crippen molar-refractivity contribution in [1.29, 1.82) is 0 Å². The fraction of sp³-hybridized carbons (Fsp3) is 0.0667. The minimum atomic E-state index is -0.303. The van der Waals surface area contributed by atoms with Gasteiger partial charge >= 0.3 is 0 Å². The molecule has 0 heterocycles. The highest BCUT2D eigenvalue weighted by molar-refractivity contribution is 14.1. The third-order valence-electron chi connectivity index (χ3n) is 2.71. The molecule has 0 aromatic heterocycles. The molecule has 0 saturated carbocycles. The van der Waals surface area contributed by atoms with Crippen LogP contribution < -0.4 is 10.6 Å². The number of benzene rings is 2. The van der Waals surface area contributed by atoms with E-state index in [0.29, 0.717) is 27.0 Å². The Kier molecular flexibility index (Phi) is 5.66. The van der Waals surface area contributed by atoms with Crippen LogP contribution in [0.25, 0.3) is 0 Å². The summed E-state index contributed by atoms with van der Waals surface area (Å²) in [5.41, 5.74) is 1.47. The lowest BCUT2D eigenvalue weighted by atomic mass is 10.2. The minimum absolute atomic E-state index is 0.202. The molecule has 2 rings (SSSR count). The molecule has 0 spiro atoms. The van der Waals surface area contributed by atoms with Gasteiger partial charge < -0.3 is 10.6 Å². The molecule has 2 N–H and O–H groups in total. The maximum absolute atomic E-state index is 12.3. The molecule has 0 aliphatic rings. The zero-order valence-corrected chi connectivity index (χ0v) is 15.1. The van der Waals surface area contributed by atoms with Crippen LogP contribution in [0.1, 0.15) is 17.3 Å². The smallest absolute Gasteiger partial charge is 0.256 e. The number of carbonyl (C=O) groups is 2. The maximum atomic E-state index is 12.3. The van der Waals surface area contributed by atoms with Crippen molar-refractivity contribution in [3.63, 3.8) is 0 Å². The maximum Gasteiger partial charge on any atom is 0.256 e. The van der Waals surface area contributed by atoms with Gasteiger partial charge in [0.25, 0.3) is 5.91 Å². The van der Waals surface area contributed by atoms with E-state index in [-0.39, 0.29) is 11.8 Å². The second-order valence-electron chi connectivity index (χ2n) is 4.45. The van der Waals surface area contributed by atoms with Gasteiger partial charge in [0.1, 0.15) is 0 Å². The highest BCUT2D eigenvalue weighted by Crippen LogP contribution is 2.27. The van der Waals surface area contributed by atoms with Gasteiger partial charge in [-0.25, -0.2) is 0 Å². The van der Waals surface area contributed by atoms with E-state index in [1.54, 1.807) is 36.4 Å². The van der Waals surface area contributed by atoms with Crippen molar-refractivity contribution in [1.82, 2.24) is 0 Å². The molecule has 0 aliphatic heterocycles. The van der Waals surface area contributed by atoms with Crippen LogP contribution in [0.2, 0.25) is 10.0 Å². The molecule has 0 atom stereocenters. The van der Waals surface area contributed by atoms with Crippen molar-refractivity contribution in [2.75, 3.05) is 10.6 Å². The summed E-state index contributed by atoms with van der Waals surface area (Å²) in [6, 6.07) is 9.86. The Morgan fingerprint density at radius 2 is 1.77 bits per heavy atom. The first kappa shape index (κ1) is 17.1. The summed E-state index contributed by atoms with van der Waals surface area (Å²) in [6.07, 6.45) is 0. The van der Waals surface area contributed by atoms with Crippen LogP contribution in [0.3, 0.4) is 0 Å². The molecule has 2 amide bonds. The molecule has 7 heteroatoms. The third kappa shape index (κ3) is 4.34. The SMILES string of the molecule is CC(=O)Nc1ccc(Cl)c(NC(=O)c2ccc(Cl)cc2I)c1. The molecule has 0 bridgehead atoms. The summed E-state index contributed by atoms with van der Waals surface area (Å²) >= 11 is 14.0. The Bertz CT molecular complexity index is 750. The van der Waals surface area contributed by atoms with Gasteiger partial charge in [0.2, 0.25) is 5.91 Å². The number of rotatable bonds is 3. The number of hydrogen-bond acceptors (Lipinski definition) is 2. The van der Waals surface area contributed by atoms with Gasteiger partial charge in [0.15, 0.2) is 0 Å². The monoisotopic (exact) mass is 448 g/mol. The zero-order chi connectivity index (χ0) is 16.3. The van der Waals surface area contributed by atoms with E-state index in [2.05, 4.69) is 10.6 Å². The summed E-state index contributed by atoms with van der Waals surface area (Å²) in [5, 5.41) is 6.31. The van der Waals surface area contributed by atoms with Gasteiger partial charge in [0, 0.05) is 21.2 Å². The average molecular weight is 449 g/mol. The molecule has 4 nitrogen and oxygen atoms in total. The van der Waals surface area contributed by atoms with E-state index in [9.17, 15) is 9.59 Å². The van der Waals surface area contributed by atoms with Crippen molar-refractivity contribution in [2.45, 2.75) is 6.92 Å². The molecule has 2 aromatic rings. The molecule has 0 radical (unpaired) electrons. The first-order valence-electron chi connectivity index (χ1n) is 6.20. The average Bonchev–Trinajstić information content (AvgIpc) is 2.41. The number of amides is 2. The van der Waals surface area contributed by atoms with Crippen LogP contribution in [-0.4, -0.2) is 11.8 Å².